The fourth-order valence-electron chi connectivity index (χ4n) is 2.86. The first kappa shape index (κ1) is 22.7. The van der Waals surface area contributed by atoms with E-state index in [1.165, 1.54) is 11.3 Å². The largest absolute Gasteiger partial charge is 0.494 e. The van der Waals surface area contributed by atoms with Crippen LogP contribution in [0.5, 0.6) is 5.75 Å². The van der Waals surface area contributed by atoms with Crippen LogP contribution in [0.3, 0.4) is 0 Å². The van der Waals surface area contributed by atoms with Gasteiger partial charge in [0, 0.05) is 36.1 Å². The molecule has 1 aliphatic heterocycles. The second-order valence-corrected chi connectivity index (χ2v) is 6.84. The van der Waals surface area contributed by atoms with E-state index in [-0.39, 0.29) is 36.8 Å². The molecular weight excluding hydrogens is 393 g/mol. The third kappa shape index (κ3) is 4.88. The SMILES string of the molecule is CCOc1ccc(-c2nc(C(=O)N3CCNC(C)C3C)cs2)cc1.Cl.Cl. The monoisotopic (exact) mass is 417 g/mol. The third-order valence-electron chi connectivity index (χ3n) is 4.43. The fourth-order valence-corrected chi connectivity index (χ4v) is 3.66. The van der Waals surface area contributed by atoms with Crippen LogP contribution in [0.4, 0.5) is 0 Å². The number of thiazole rings is 1. The van der Waals surface area contributed by atoms with Crippen LogP contribution in [0.15, 0.2) is 29.6 Å². The quantitative estimate of drug-likeness (QED) is 0.819. The second kappa shape index (κ2) is 10.1. The van der Waals surface area contributed by atoms with Crippen molar-refractivity contribution in [2.75, 3.05) is 19.7 Å². The van der Waals surface area contributed by atoms with Crippen molar-refractivity contribution in [1.29, 1.82) is 0 Å². The number of amides is 1. The summed E-state index contributed by atoms with van der Waals surface area (Å²) in [5.74, 6) is 0.863. The molecule has 0 spiro atoms. The number of aromatic nitrogens is 1. The van der Waals surface area contributed by atoms with Crippen molar-refractivity contribution in [3.8, 4) is 16.3 Å². The van der Waals surface area contributed by atoms with Gasteiger partial charge in [-0.15, -0.1) is 36.2 Å². The van der Waals surface area contributed by atoms with E-state index >= 15 is 0 Å². The zero-order chi connectivity index (χ0) is 17.1. The predicted octanol–water partition coefficient (Wildman–Crippen LogP) is 3.87. The number of carbonyl (C=O) groups is 1. The Balaban J connectivity index is 0.00000169. The van der Waals surface area contributed by atoms with E-state index in [0.29, 0.717) is 18.3 Å². The minimum Gasteiger partial charge on any atom is -0.494 e. The molecule has 26 heavy (non-hydrogen) atoms. The average molecular weight is 418 g/mol. The molecule has 3 rings (SSSR count). The first-order valence-electron chi connectivity index (χ1n) is 8.33. The molecule has 0 saturated carbocycles. The number of nitrogens with zero attached hydrogens (tertiary/aromatic N) is 2. The minimum absolute atomic E-state index is 0. The molecule has 5 nitrogen and oxygen atoms in total. The van der Waals surface area contributed by atoms with Crippen molar-refractivity contribution in [3.05, 3.63) is 35.3 Å². The maximum absolute atomic E-state index is 12.8. The van der Waals surface area contributed by atoms with Crippen LogP contribution in [-0.4, -0.2) is 47.6 Å². The topological polar surface area (TPSA) is 54.5 Å². The zero-order valence-electron chi connectivity index (χ0n) is 15.1. The number of carbonyl (C=O) groups excluding carboxylic acids is 1. The Bertz CT molecular complexity index is 709. The normalized spacial score (nSPS) is 19.3. The molecule has 2 atom stereocenters. The molecular formula is C18H25Cl2N3O2S. The maximum atomic E-state index is 12.8. The van der Waals surface area contributed by atoms with Gasteiger partial charge in [-0.3, -0.25) is 4.79 Å². The maximum Gasteiger partial charge on any atom is 0.273 e. The van der Waals surface area contributed by atoms with Crippen LogP contribution >= 0.6 is 36.2 Å². The summed E-state index contributed by atoms with van der Waals surface area (Å²) >= 11 is 1.50. The summed E-state index contributed by atoms with van der Waals surface area (Å²) < 4.78 is 5.46. The molecule has 0 radical (unpaired) electrons. The lowest BCUT2D eigenvalue weighted by Gasteiger charge is -2.38. The van der Waals surface area contributed by atoms with E-state index in [2.05, 4.69) is 24.1 Å². The van der Waals surface area contributed by atoms with Gasteiger partial charge in [0.15, 0.2) is 0 Å². The molecule has 0 aliphatic carbocycles. The van der Waals surface area contributed by atoms with E-state index in [4.69, 9.17) is 4.74 Å². The number of nitrogens with one attached hydrogen (secondary N) is 1. The molecule has 2 heterocycles. The number of piperazine rings is 1. The summed E-state index contributed by atoms with van der Waals surface area (Å²) in [5.41, 5.74) is 1.54. The summed E-state index contributed by atoms with van der Waals surface area (Å²) in [4.78, 5) is 19.2. The molecule has 1 aliphatic rings. The first-order chi connectivity index (χ1) is 11.6. The van der Waals surface area contributed by atoms with Crippen LogP contribution in [0.25, 0.3) is 10.6 Å². The number of halogens is 2. The smallest absolute Gasteiger partial charge is 0.273 e. The summed E-state index contributed by atoms with van der Waals surface area (Å²) in [7, 11) is 0. The van der Waals surface area contributed by atoms with E-state index in [1.54, 1.807) is 0 Å². The Morgan fingerprint density at radius 3 is 2.65 bits per heavy atom. The molecule has 1 fully saturated rings. The lowest BCUT2D eigenvalue weighted by Crippen LogP contribution is -2.57. The van der Waals surface area contributed by atoms with Gasteiger partial charge in [-0.1, -0.05) is 0 Å². The molecule has 144 valence electrons. The Morgan fingerprint density at radius 2 is 2.00 bits per heavy atom. The van der Waals surface area contributed by atoms with E-state index in [1.807, 2.05) is 41.5 Å². The van der Waals surface area contributed by atoms with Gasteiger partial charge in [-0.05, 0) is 45.0 Å². The van der Waals surface area contributed by atoms with Crippen molar-refractivity contribution >= 4 is 42.1 Å². The van der Waals surface area contributed by atoms with Crippen molar-refractivity contribution in [3.63, 3.8) is 0 Å². The molecule has 0 bridgehead atoms. The standard InChI is InChI=1S/C18H23N3O2S.2ClH/c1-4-23-15-7-5-14(6-8-15)17-20-16(11-24-17)18(22)21-10-9-19-12(2)13(21)3;;/h5-8,11-13,19H,4,9-10H2,1-3H3;2*1H. The molecule has 2 aromatic rings. The highest BCUT2D eigenvalue weighted by atomic mass is 35.5. The van der Waals surface area contributed by atoms with Gasteiger partial charge in [-0.25, -0.2) is 4.98 Å². The second-order valence-electron chi connectivity index (χ2n) is 5.98. The van der Waals surface area contributed by atoms with Crippen molar-refractivity contribution in [2.45, 2.75) is 32.9 Å². The average Bonchev–Trinajstić information content (AvgIpc) is 3.08. The fraction of sp³-hybridized carbons (Fsp3) is 0.444. The first-order valence-corrected chi connectivity index (χ1v) is 9.21. The van der Waals surface area contributed by atoms with Crippen molar-refractivity contribution in [1.82, 2.24) is 15.2 Å². The summed E-state index contributed by atoms with van der Waals surface area (Å²) in [5, 5.41) is 6.10. The number of hydrogen-bond acceptors (Lipinski definition) is 5. The minimum atomic E-state index is 0. The zero-order valence-corrected chi connectivity index (χ0v) is 17.5. The van der Waals surface area contributed by atoms with E-state index in [0.717, 1.165) is 29.4 Å². The van der Waals surface area contributed by atoms with E-state index < -0.39 is 0 Å². The predicted molar refractivity (Wildman–Crippen MR) is 111 cm³/mol. The number of rotatable bonds is 4. The number of benzene rings is 1. The summed E-state index contributed by atoms with van der Waals surface area (Å²) in [6.07, 6.45) is 0. The van der Waals surface area contributed by atoms with Crippen LogP contribution in [0.1, 0.15) is 31.3 Å². The Kier molecular flexibility index (Phi) is 8.83. The molecule has 1 amide bonds. The van der Waals surface area contributed by atoms with Gasteiger partial charge >= 0.3 is 0 Å². The highest BCUT2D eigenvalue weighted by Gasteiger charge is 2.29. The molecule has 8 heteroatoms. The van der Waals surface area contributed by atoms with Crippen molar-refractivity contribution < 1.29 is 9.53 Å². The Hall–Kier alpha value is -1.34. The van der Waals surface area contributed by atoms with Crippen LogP contribution in [0.2, 0.25) is 0 Å². The van der Waals surface area contributed by atoms with Crippen LogP contribution in [0, 0.1) is 0 Å². The lowest BCUT2D eigenvalue weighted by atomic mass is 10.1. The Morgan fingerprint density at radius 1 is 1.31 bits per heavy atom. The molecule has 1 saturated heterocycles. The molecule has 1 aromatic carbocycles. The third-order valence-corrected chi connectivity index (χ3v) is 5.32. The summed E-state index contributed by atoms with van der Waals surface area (Å²) in [6.45, 7) is 8.35. The van der Waals surface area contributed by atoms with E-state index in [9.17, 15) is 4.79 Å². The van der Waals surface area contributed by atoms with Crippen LogP contribution < -0.4 is 10.1 Å². The number of hydrogen-bond donors (Lipinski definition) is 1. The van der Waals surface area contributed by atoms with Gasteiger partial charge in [0.2, 0.25) is 0 Å². The van der Waals surface area contributed by atoms with Gasteiger partial charge in [0.05, 0.1) is 6.61 Å². The highest BCUT2D eigenvalue weighted by Crippen LogP contribution is 2.26. The molecule has 1 aromatic heterocycles. The lowest BCUT2D eigenvalue weighted by molar-refractivity contribution is 0.0598. The summed E-state index contributed by atoms with van der Waals surface area (Å²) in [6, 6.07) is 8.29. The van der Waals surface area contributed by atoms with Gasteiger partial charge in [0.1, 0.15) is 16.5 Å². The highest BCUT2D eigenvalue weighted by molar-refractivity contribution is 7.13. The molecule has 2 unspecified atom stereocenters. The van der Waals surface area contributed by atoms with Crippen LogP contribution in [-0.2, 0) is 0 Å². The van der Waals surface area contributed by atoms with Gasteiger partial charge in [-0.2, -0.15) is 0 Å². The van der Waals surface area contributed by atoms with Crippen molar-refractivity contribution in [2.24, 2.45) is 0 Å². The van der Waals surface area contributed by atoms with Gasteiger partial charge < -0.3 is 15.0 Å². The molecule has 1 N–H and O–H groups in total. The Labute approximate surface area is 171 Å². The number of ether oxygens (including phenoxy) is 1. The van der Waals surface area contributed by atoms with Gasteiger partial charge in [0.25, 0.3) is 5.91 Å².